The molecule has 164 valence electrons. The number of aromatic nitrogens is 2. The molecule has 6 nitrogen and oxygen atoms in total. The number of nitrogens with zero attached hydrogens (tertiary/aromatic N) is 4. The Morgan fingerprint density at radius 1 is 1.13 bits per heavy atom. The fourth-order valence-electron chi connectivity index (χ4n) is 4.62. The van der Waals surface area contributed by atoms with Gasteiger partial charge in [-0.25, -0.2) is 4.99 Å². The number of aliphatic imine (C=N–C) groups is 1. The van der Waals surface area contributed by atoms with E-state index in [0.29, 0.717) is 12.6 Å². The monoisotopic (exact) mass is 522 g/mol. The second-order valence-electron chi connectivity index (χ2n) is 8.23. The summed E-state index contributed by atoms with van der Waals surface area (Å²) in [6.45, 7) is 6.81. The van der Waals surface area contributed by atoms with Crippen molar-refractivity contribution in [3.63, 3.8) is 0 Å². The maximum Gasteiger partial charge on any atom is 0.191 e. The lowest BCUT2D eigenvalue weighted by molar-refractivity contribution is 0.242. The van der Waals surface area contributed by atoms with Crippen molar-refractivity contribution in [3.05, 3.63) is 53.9 Å². The van der Waals surface area contributed by atoms with Crippen molar-refractivity contribution in [1.82, 2.24) is 25.3 Å². The van der Waals surface area contributed by atoms with Crippen molar-refractivity contribution in [1.29, 1.82) is 0 Å². The van der Waals surface area contributed by atoms with E-state index in [1.807, 2.05) is 23.1 Å². The molecule has 2 heterocycles. The van der Waals surface area contributed by atoms with Crippen molar-refractivity contribution in [2.75, 3.05) is 19.6 Å². The first-order chi connectivity index (χ1) is 14.3. The third-order valence-corrected chi connectivity index (χ3v) is 6.16. The van der Waals surface area contributed by atoms with Crippen molar-refractivity contribution in [2.24, 2.45) is 4.99 Å². The number of halogens is 1. The minimum absolute atomic E-state index is 0. The zero-order valence-electron chi connectivity index (χ0n) is 18.0. The first-order valence-electron chi connectivity index (χ1n) is 11.1. The third kappa shape index (κ3) is 6.20. The molecule has 1 saturated heterocycles. The summed E-state index contributed by atoms with van der Waals surface area (Å²) in [5.41, 5.74) is 2.52. The average Bonchev–Trinajstić information content (AvgIpc) is 3.49. The Balaban J connectivity index is 0.00000256. The minimum Gasteiger partial charge on any atom is -0.357 e. The van der Waals surface area contributed by atoms with E-state index in [2.05, 4.69) is 51.8 Å². The van der Waals surface area contributed by atoms with Crippen LogP contribution < -0.4 is 10.6 Å². The van der Waals surface area contributed by atoms with E-state index >= 15 is 0 Å². The quantitative estimate of drug-likeness (QED) is 0.332. The largest absolute Gasteiger partial charge is 0.357 e. The average molecular weight is 522 g/mol. The van der Waals surface area contributed by atoms with E-state index in [4.69, 9.17) is 4.99 Å². The molecule has 1 atom stereocenters. The van der Waals surface area contributed by atoms with Gasteiger partial charge in [-0.2, -0.15) is 5.10 Å². The highest BCUT2D eigenvalue weighted by Crippen LogP contribution is 2.26. The molecule has 7 heteroatoms. The van der Waals surface area contributed by atoms with Gasteiger partial charge in [-0.05, 0) is 43.4 Å². The normalized spacial score (nSPS) is 20.3. The minimum atomic E-state index is 0. The van der Waals surface area contributed by atoms with Crippen LogP contribution in [0.25, 0.3) is 0 Å². The van der Waals surface area contributed by atoms with Crippen LogP contribution >= 0.6 is 24.0 Å². The summed E-state index contributed by atoms with van der Waals surface area (Å²) in [6.07, 6.45) is 10.6. The highest BCUT2D eigenvalue weighted by atomic mass is 127. The lowest BCUT2D eigenvalue weighted by atomic mass is 10.1. The Morgan fingerprint density at radius 3 is 2.67 bits per heavy atom. The molecule has 2 N–H and O–H groups in total. The van der Waals surface area contributed by atoms with Gasteiger partial charge < -0.3 is 10.6 Å². The van der Waals surface area contributed by atoms with Crippen molar-refractivity contribution in [3.8, 4) is 0 Å². The van der Waals surface area contributed by atoms with Crippen LogP contribution in [0.4, 0.5) is 0 Å². The fourth-order valence-corrected chi connectivity index (χ4v) is 4.62. The van der Waals surface area contributed by atoms with Crippen molar-refractivity contribution in [2.45, 2.75) is 64.2 Å². The number of hydrogen-bond acceptors (Lipinski definition) is 3. The lowest BCUT2D eigenvalue weighted by Gasteiger charge is -2.24. The van der Waals surface area contributed by atoms with Gasteiger partial charge in [-0.3, -0.25) is 9.58 Å². The maximum atomic E-state index is 4.91. The summed E-state index contributed by atoms with van der Waals surface area (Å²) in [5.74, 6) is 0.930. The van der Waals surface area contributed by atoms with E-state index in [0.717, 1.165) is 31.6 Å². The van der Waals surface area contributed by atoms with Crippen LogP contribution in [0.3, 0.4) is 0 Å². The number of hydrogen-bond donors (Lipinski definition) is 2. The Hall–Kier alpha value is -1.61. The van der Waals surface area contributed by atoms with Gasteiger partial charge in [0, 0.05) is 44.1 Å². The zero-order chi connectivity index (χ0) is 19.9. The Morgan fingerprint density at radius 2 is 1.93 bits per heavy atom. The molecule has 2 aromatic rings. The van der Waals surface area contributed by atoms with Crippen LogP contribution in [0.15, 0.2) is 47.7 Å². The molecule has 2 aliphatic rings. The first kappa shape index (κ1) is 23.1. The van der Waals surface area contributed by atoms with Gasteiger partial charge in [0.15, 0.2) is 5.96 Å². The second kappa shape index (κ2) is 11.7. The molecule has 1 aromatic carbocycles. The third-order valence-electron chi connectivity index (χ3n) is 6.16. The van der Waals surface area contributed by atoms with Gasteiger partial charge in [0.1, 0.15) is 0 Å². The van der Waals surface area contributed by atoms with Crippen LogP contribution in [0.1, 0.15) is 50.2 Å². The summed E-state index contributed by atoms with van der Waals surface area (Å²) >= 11 is 0. The number of guanidine groups is 1. The summed E-state index contributed by atoms with van der Waals surface area (Å²) in [7, 11) is 0. The van der Waals surface area contributed by atoms with E-state index in [1.54, 1.807) is 0 Å². The van der Waals surface area contributed by atoms with Gasteiger partial charge in [-0.1, -0.05) is 37.1 Å². The van der Waals surface area contributed by atoms with Crippen molar-refractivity contribution < 1.29 is 0 Å². The topological polar surface area (TPSA) is 57.5 Å². The molecule has 0 bridgehead atoms. The molecule has 4 rings (SSSR count). The van der Waals surface area contributed by atoms with Crippen LogP contribution in [0.5, 0.6) is 0 Å². The smallest absolute Gasteiger partial charge is 0.191 e. The van der Waals surface area contributed by atoms with Crippen molar-refractivity contribution >= 4 is 29.9 Å². The Labute approximate surface area is 197 Å². The number of nitrogens with one attached hydrogen (secondary N) is 2. The highest BCUT2D eigenvalue weighted by Gasteiger charge is 2.30. The summed E-state index contributed by atoms with van der Waals surface area (Å²) in [6, 6.07) is 11.8. The van der Waals surface area contributed by atoms with Crippen LogP contribution in [0, 0.1) is 0 Å². The maximum absolute atomic E-state index is 4.91. The predicted octanol–water partition coefficient (Wildman–Crippen LogP) is 3.62. The zero-order valence-corrected chi connectivity index (χ0v) is 20.3. The Bertz CT molecular complexity index is 785. The van der Waals surface area contributed by atoms with Gasteiger partial charge in [0.2, 0.25) is 0 Å². The fraction of sp³-hybridized carbons (Fsp3) is 0.565. The van der Waals surface area contributed by atoms with Crippen LogP contribution in [-0.4, -0.2) is 52.4 Å². The summed E-state index contributed by atoms with van der Waals surface area (Å²) in [5, 5.41) is 11.5. The van der Waals surface area contributed by atoms with E-state index in [1.165, 1.54) is 49.8 Å². The number of rotatable bonds is 7. The number of benzene rings is 1. The molecule has 30 heavy (non-hydrogen) atoms. The van der Waals surface area contributed by atoms with E-state index in [-0.39, 0.29) is 24.0 Å². The first-order valence-corrected chi connectivity index (χ1v) is 11.1. The summed E-state index contributed by atoms with van der Waals surface area (Å²) in [4.78, 5) is 7.59. The molecule has 0 spiro atoms. The molecule has 1 aliphatic heterocycles. The number of likely N-dealkylation sites (tertiary alicyclic amines) is 1. The Kier molecular flexibility index (Phi) is 8.99. The van der Waals surface area contributed by atoms with Gasteiger partial charge in [-0.15, -0.1) is 24.0 Å². The molecule has 1 aromatic heterocycles. The van der Waals surface area contributed by atoms with E-state index in [9.17, 15) is 0 Å². The molecule has 0 amide bonds. The molecule has 1 saturated carbocycles. The SMILES string of the molecule is CCNC(=NCc1ccccc1Cn1cccn1)NC1CCN(C2CCCC2)C1.I. The van der Waals surface area contributed by atoms with Gasteiger partial charge in [0.05, 0.1) is 13.1 Å². The van der Waals surface area contributed by atoms with Crippen LogP contribution in [0.2, 0.25) is 0 Å². The molecule has 2 fully saturated rings. The van der Waals surface area contributed by atoms with E-state index < -0.39 is 0 Å². The molecule has 1 unspecified atom stereocenters. The molecule has 0 radical (unpaired) electrons. The predicted molar refractivity (Wildman–Crippen MR) is 133 cm³/mol. The highest BCUT2D eigenvalue weighted by molar-refractivity contribution is 14.0. The van der Waals surface area contributed by atoms with Gasteiger partial charge >= 0.3 is 0 Å². The second-order valence-corrected chi connectivity index (χ2v) is 8.23. The molecular formula is C23H35IN6. The summed E-state index contributed by atoms with van der Waals surface area (Å²) < 4.78 is 1.96. The van der Waals surface area contributed by atoms with Gasteiger partial charge in [0.25, 0.3) is 0 Å². The molecular weight excluding hydrogens is 487 g/mol. The standard InChI is InChI=1S/C23H34N6.HI/c1-2-24-23(27-21-12-15-28(18-21)22-10-5-6-11-22)25-16-19-8-3-4-9-20(19)17-29-14-7-13-26-29;/h3-4,7-9,13-14,21-22H,2,5-6,10-12,15-18H2,1H3,(H2,24,25,27);1H. The lowest BCUT2D eigenvalue weighted by Crippen LogP contribution is -2.45. The van der Waals surface area contributed by atoms with Crippen LogP contribution in [-0.2, 0) is 13.1 Å². The molecule has 1 aliphatic carbocycles.